The quantitative estimate of drug-likeness (QED) is 0.288. The molecule has 2 aliphatic heterocycles. The first-order chi connectivity index (χ1) is 17.7. The van der Waals surface area contributed by atoms with Crippen molar-refractivity contribution in [3.8, 4) is 0 Å². The lowest BCUT2D eigenvalue weighted by Crippen LogP contribution is -2.63. The van der Waals surface area contributed by atoms with Crippen LogP contribution in [0.2, 0.25) is 0 Å². The van der Waals surface area contributed by atoms with Crippen molar-refractivity contribution in [1.82, 2.24) is 0 Å². The van der Waals surface area contributed by atoms with Gasteiger partial charge in [0, 0.05) is 40.7 Å². The summed E-state index contributed by atoms with van der Waals surface area (Å²) in [4.78, 5) is 71.5. The van der Waals surface area contributed by atoms with Gasteiger partial charge in [-0.2, -0.15) is 0 Å². The number of hydrogen-bond acceptors (Lipinski definition) is 15. The molecule has 1 saturated heterocycles. The first-order valence-corrected chi connectivity index (χ1v) is 11.4. The second kappa shape index (κ2) is 13.2. The molecule has 0 aromatic heterocycles. The maximum atomic E-state index is 12.3. The minimum Gasteiger partial charge on any atom is -0.463 e. The summed E-state index contributed by atoms with van der Waals surface area (Å²) in [6, 6.07) is 0. The van der Waals surface area contributed by atoms with Crippen LogP contribution in [0.25, 0.3) is 0 Å². The van der Waals surface area contributed by atoms with Crippen molar-refractivity contribution in [1.29, 1.82) is 0 Å². The van der Waals surface area contributed by atoms with E-state index in [4.69, 9.17) is 37.9 Å². The number of ether oxygens (including phenoxy) is 9. The summed E-state index contributed by atoms with van der Waals surface area (Å²) in [7, 11) is 1.06. The van der Waals surface area contributed by atoms with E-state index in [-0.39, 0.29) is 0 Å². The Morgan fingerprint density at radius 3 is 1.66 bits per heavy atom. The smallest absolute Gasteiger partial charge is 0.373 e. The lowest BCUT2D eigenvalue weighted by molar-refractivity contribution is -0.333. The van der Waals surface area contributed by atoms with Gasteiger partial charge in [0.1, 0.15) is 0 Å². The number of carbonyl (C=O) groups is 6. The van der Waals surface area contributed by atoms with Crippen LogP contribution in [0.4, 0.5) is 0 Å². The van der Waals surface area contributed by atoms with E-state index in [1.165, 1.54) is 6.92 Å². The van der Waals surface area contributed by atoms with Crippen LogP contribution in [0.5, 0.6) is 0 Å². The number of esters is 6. The average Bonchev–Trinajstić information content (AvgIpc) is 2.78. The topological polar surface area (TPSA) is 185 Å². The van der Waals surface area contributed by atoms with Crippen LogP contribution in [0.15, 0.2) is 11.8 Å². The van der Waals surface area contributed by atoms with E-state index in [0.29, 0.717) is 0 Å². The number of rotatable bonds is 8. The molecule has 0 radical (unpaired) electrons. The molecular formula is C23H30O15. The fourth-order valence-corrected chi connectivity index (χ4v) is 3.77. The van der Waals surface area contributed by atoms with E-state index >= 15 is 0 Å². The average molecular weight is 546 g/mol. The predicted octanol–water partition coefficient (Wildman–Crippen LogP) is -0.180. The van der Waals surface area contributed by atoms with Gasteiger partial charge in [0.25, 0.3) is 0 Å². The summed E-state index contributed by atoms with van der Waals surface area (Å²) in [5.74, 6) is -5.46. The Labute approximate surface area is 217 Å². The molecule has 38 heavy (non-hydrogen) atoms. The Bertz CT molecular complexity index is 972. The van der Waals surface area contributed by atoms with Gasteiger partial charge < -0.3 is 42.6 Å². The molecule has 2 aliphatic rings. The fraction of sp³-hybridized carbons (Fsp3) is 0.652. The summed E-state index contributed by atoms with van der Waals surface area (Å²) < 4.78 is 48.2. The molecule has 0 spiro atoms. The van der Waals surface area contributed by atoms with Gasteiger partial charge >= 0.3 is 35.8 Å². The molecule has 0 saturated carbocycles. The van der Waals surface area contributed by atoms with Gasteiger partial charge in [-0.1, -0.05) is 0 Å². The summed E-state index contributed by atoms with van der Waals surface area (Å²) in [6.07, 6.45) is -10.4. The van der Waals surface area contributed by atoms with Crippen molar-refractivity contribution < 1.29 is 71.4 Å². The Hall–Kier alpha value is -3.72. The molecule has 0 aliphatic carbocycles. The highest BCUT2D eigenvalue weighted by atomic mass is 16.8. The van der Waals surface area contributed by atoms with Gasteiger partial charge in [-0.3, -0.25) is 24.0 Å². The van der Waals surface area contributed by atoms with Crippen molar-refractivity contribution in [2.24, 2.45) is 0 Å². The SMILES string of the molecule is COC(=O)C1=C[C@H](OC(C)=O)[C@@H](OC(C)=O)[C@@H](O[C@H]2[C@H](OC(C)=O)O[C@@H](C)[C@H](OC(C)=O)[C@H]2OC(C)=O)O1. The minimum absolute atomic E-state index is 0.471. The monoisotopic (exact) mass is 546 g/mol. The van der Waals surface area contributed by atoms with E-state index in [1.54, 1.807) is 0 Å². The molecule has 0 N–H and O–H groups in total. The second-order valence-corrected chi connectivity index (χ2v) is 8.22. The normalized spacial score (nSPS) is 30.4. The third kappa shape index (κ3) is 8.14. The zero-order chi connectivity index (χ0) is 28.7. The molecule has 8 atom stereocenters. The molecule has 15 nitrogen and oxygen atoms in total. The molecule has 1 fully saturated rings. The van der Waals surface area contributed by atoms with Crippen molar-refractivity contribution in [3.05, 3.63) is 11.8 Å². The number of hydrogen-bond donors (Lipinski definition) is 0. The van der Waals surface area contributed by atoms with Crippen LogP contribution < -0.4 is 0 Å². The lowest BCUT2D eigenvalue weighted by Gasteiger charge is -2.45. The maximum Gasteiger partial charge on any atom is 0.373 e. The lowest BCUT2D eigenvalue weighted by atomic mass is 9.98. The molecule has 0 bridgehead atoms. The highest BCUT2D eigenvalue weighted by Gasteiger charge is 2.54. The van der Waals surface area contributed by atoms with Gasteiger partial charge in [0.15, 0.2) is 24.4 Å². The predicted molar refractivity (Wildman–Crippen MR) is 118 cm³/mol. The molecule has 15 heteroatoms. The first kappa shape index (κ1) is 30.5. The third-order valence-corrected chi connectivity index (χ3v) is 5.05. The summed E-state index contributed by atoms with van der Waals surface area (Å²) in [5, 5.41) is 0. The van der Waals surface area contributed by atoms with Gasteiger partial charge in [0.2, 0.25) is 24.4 Å². The van der Waals surface area contributed by atoms with Crippen molar-refractivity contribution in [2.45, 2.75) is 90.7 Å². The van der Waals surface area contributed by atoms with Crippen LogP contribution in [0.3, 0.4) is 0 Å². The van der Waals surface area contributed by atoms with Gasteiger partial charge in [0.05, 0.1) is 13.2 Å². The van der Waals surface area contributed by atoms with E-state index in [0.717, 1.165) is 47.8 Å². The standard InChI is InChI=1S/C23H30O15/c1-9-17(33-11(3)25)19(35-13(5)27)20(23(31-9)36-14(6)28)38-22-18(34-12(4)26)15(32-10(2)24)8-16(37-22)21(29)30-7/h8-9,15,17-20,22-23H,1-7H3/t9-,15-,17-,18+,19+,20+,22+,23-/m0/s1. The van der Waals surface area contributed by atoms with Crippen molar-refractivity contribution >= 4 is 35.8 Å². The van der Waals surface area contributed by atoms with Crippen LogP contribution in [0, 0.1) is 0 Å². The molecule has 2 rings (SSSR count). The zero-order valence-electron chi connectivity index (χ0n) is 21.8. The number of carbonyl (C=O) groups excluding carboxylic acids is 6. The summed E-state index contributed by atoms with van der Waals surface area (Å²) in [5.41, 5.74) is 0. The van der Waals surface area contributed by atoms with E-state index in [2.05, 4.69) is 4.74 Å². The highest BCUT2D eigenvalue weighted by Crippen LogP contribution is 2.33. The Morgan fingerprint density at radius 1 is 0.658 bits per heavy atom. The Balaban J connectivity index is 2.58. The fourth-order valence-electron chi connectivity index (χ4n) is 3.77. The highest BCUT2D eigenvalue weighted by molar-refractivity contribution is 5.86. The zero-order valence-corrected chi connectivity index (χ0v) is 21.8. The summed E-state index contributed by atoms with van der Waals surface area (Å²) >= 11 is 0. The maximum absolute atomic E-state index is 12.3. The van der Waals surface area contributed by atoms with Crippen molar-refractivity contribution in [2.75, 3.05) is 7.11 Å². The van der Waals surface area contributed by atoms with Crippen LogP contribution in [-0.4, -0.2) is 92.1 Å². The molecule has 0 amide bonds. The van der Waals surface area contributed by atoms with Crippen LogP contribution in [-0.2, 0) is 71.4 Å². The van der Waals surface area contributed by atoms with Crippen molar-refractivity contribution in [3.63, 3.8) is 0 Å². The Kier molecular flexibility index (Phi) is 10.6. The first-order valence-electron chi connectivity index (χ1n) is 11.4. The van der Waals surface area contributed by atoms with Gasteiger partial charge in [-0.25, -0.2) is 4.79 Å². The largest absolute Gasteiger partial charge is 0.463 e. The molecular weight excluding hydrogens is 516 g/mol. The van der Waals surface area contributed by atoms with E-state index in [9.17, 15) is 28.8 Å². The van der Waals surface area contributed by atoms with E-state index < -0.39 is 90.8 Å². The second-order valence-electron chi connectivity index (χ2n) is 8.22. The van der Waals surface area contributed by atoms with Crippen LogP contribution in [0.1, 0.15) is 41.5 Å². The minimum atomic E-state index is -1.74. The van der Waals surface area contributed by atoms with E-state index in [1.807, 2.05) is 0 Å². The Morgan fingerprint density at radius 2 is 1.16 bits per heavy atom. The number of methoxy groups -OCH3 is 1. The third-order valence-electron chi connectivity index (χ3n) is 5.05. The molecule has 212 valence electrons. The van der Waals surface area contributed by atoms with Crippen LogP contribution >= 0.6 is 0 Å². The molecule has 2 heterocycles. The molecule has 0 aromatic carbocycles. The summed E-state index contributed by atoms with van der Waals surface area (Å²) in [6.45, 7) is 6.89. The molecule has 0 aromatic rings. The van der Waals surface area contributed by atoms with Gasteiger partial charge in [-0.05, 0) is 6.92 Å². The van der Waals surface area contributed by atoms with Gasteiger partial charge in [-0.15, -0.1) is 0 Å². The molecule has 0 unspecified atom stereocenters.